The molecule has 28 heavy (non-hydrogen) atoms. The summed E-state index contributed by atoms with van der Waals surface area (Å²) in [5, 5.41) is 2.98. The molecular formula is C22H26N2O4. The van der Waals surface area contributed by atoms with E-state index in [2.05, 4.69) is 10.2 Å². The van der Waals surface area contributed by atoms with Crippen molar-refractivity contribution in [3.63, 3.8) is 0 Å². The largest absolute Gasteiger partial charge is 0.469 e. The Morgan fingerprint density at radius 3 is 2.36 bits per heavy atom. The van der Waals surface area contributed by atoms with Crippen LogP contribution < -0.4 is 10.1 Å². The molecule has 1 fully saturated rings. The molecule has 2 aromatic carbocycles. The maximum atomic E-state index is 12.8. The van der Waals surface area contributed by atoms with E-state index >= 15 is 0 Å². The van der Waals surface area contributed by atoms with Gasteiger partial charge in [-0.1, -0.05) is 30.3 Å². The Hall–Kier alpha value is -2.86. The topological polar surface area (TPSA) is 67.9 Å². The van der Waals surface area contributed by atoms with Crippen molar-refractivity contribution in [3.8, 4) is 11.5 Å². The summed E-state index contributed by atoms with van der Waals surface area (Å²) in [5.74, 6) is 0.974. The lowest BCUT2D eigenvalue weighted by atomic mass is 9.96. The number of esters is 1. The van der Waals surface area contributed by atoms with Crippen molar-refractivity contribution in [3.05, 3.63) is 54.6 Å². The fourth-order valence-corrected chi connectivity index (χ4v) is 3.37. The molecule has 1 aliphatic rings. The van der Waals surface area contributed by atoms with E-state index < -0.39 is 0 Å². The van der Waals surface area contributed by atoms with Crippen LogP contribution in [0.1, 0.15) is 19.8 Å². The maximum Gasteiger partial charge on any atom is 0.308 e. The van der Waals surface area contributed by atoms with Crippen molar-refractivity contribution in [2.24, 2.45) is 5.92 Å². The monoisotopic (exact) mass is 382 g/mol. The van der Waals surface area contributed by atoms with Gasteiger partial charge in [0.1, 0.15) is 5.75 Å². The summed E-state index contributed by atoms with van der Waals surface area (Å²) in [4.78, 5) is 26.6. The smallest absolute Gasteiger partial charge is 0.308 e. The van der Waals surface area contributed by atoms with Crippen LogP contribution in [0.5, 0.6) is 11.5 Å². The van der Waals surface area contributed by atoms with Gasteiger partial charge in [0.25, 0.3) is 0 Å². The quantitative estimate of drug-likeness (QED) is 0.772. The number of ether oxygens (including phenoxy) is 2. The Balaban J connectivity index is 1.61. The highest BCUT2D eigenvalue weighted by atomic mass is 16.5. The number of amides is 1. The van der Waals surface area contributed by atoms with Crippen LogP contribution in [0.4, 0.5) is 5.69 Å². The van der Waals surface area contributed by atoms with E-state index in [1.807, 2.05) is 61.5 Å². The van der Waals surface area contributed by atoms with E-state index in [1.54, 1.807) is 0 Å². The van der Waals surface area contributed by atoms with Crippen LogP contribution in [-0.4, -0.2) is 43.0 Å². The van der Waals surface area contributed by atoms with Crippen LogP contribution in [-0.2, 0) is 14.3 Å². The number of hydrogen-bond donors (Lipinski definition) is 1. The molecule has 6 nitrogen and oxygen atoms in total. The van der Waals surface area contributed by atoms with E-state index in [1.165, 1.54) is 7.11 Å². The van der Waals surface area contributed by atoms with Gasteiger partial charge in [0.05, 0.1) is 24.8 Å². The number of methoxy groups -OCH3 is 1. The SMILES string of the molecule is COC(=O)C1CCN(C(C)C(=O)Nc2ccccc2Oc2ccccc2)CC1. The van der Waals surface area contributed by atoms with E-state index in [4.69, 9.17) is 9.47 Å². The first kappa shape index (κ1) is 19.9. The third-order valence-electron chi connectivity index (χ3n) is 5.11. The standard InChI is InChI=1S/C22H26N2O4/c1-16(24-14-12-17(13-15-24)22(26)27-2)21(25)23-19-10-6-7-11-20(19)28-18-8-4-3-5-9-18/h3-11,16-17H,12-15H2,1-2H3,(H,23,25). The minimum atomic E-state index is -0.302. The van der Waals surface area contributed by atoms with E-state index in [0.29, 0.717) is 43.1 Å². The number of piperidine rings is 1. The highest BCUT2D eigenvalue weighted by molar-refractivity contribution is 5.95. The third-order valence-corrected chi connectivity index (χ3v) is 5.11. The van der Waals surface area contributed by atoms with Gasteiger partial charge in [-0.15, -0.1) is 0 Å². The normalized spacial score (nSPS) is 16.2. The van der Waals surface area contributed by atoms with Gasteiger partial charge in [0.2, 0.25) is 5.91 Å². The lowest BCUT2D eigenvalue weighted by molar-refractivity contribution is -0.147. The van der Waals surface area contributed by atoms with Crippen molar-refractivity contribution in [1.29, 1.82) is 0 Å². The van der Waals surface area contributed by atoms with E-state index in [0.717, 1.165) is 0 Å². The first-order chi connectivity index (χ1) is 13.6. The van der Waals surface area contributed by atoms with Crippen LogP contribution in [0.25, 0.3) is 0 Å². The van der Waals surface area contributed by atoms with Gasteiger partial charge in [-0.3, -0.25) is 14.5 Å². The molecule has 1 aliphatic heterocycles. The van der Waals surface area contributed by atoms with Gasteiger partial charge in [-0.05, 0) is 57.1 Å². The number of carbonyl (C=O) groups is 2. The molecule has 0 aromatic heterocycles. The molecule has 0 saturated carbocycles. The number of likely N-dealkylation sites (tertiary alicyclic amines) is 1. The average Bonchev–Trinajstić information content (AvgIpc) is 2.75. The average molecular weight is 382 g/mol. The summed E-state index contributed by atoms with van der Waals surface area (Å²) in [6.07, 6.45) is 1.41. The van der Waals surface area contributed by atoms with Crippen LogP contribution in [0, 0.1) is 5.92 Å². The Morgan fingerprint density at radius 1 is 1.04 bits per heavy atom. The number of carbonyl (C=O) groups excluding carboxylic acids is 2. The molecule has 1 atom stereocenters. The Morgan fingerprint density at radius 2 is 1.68 bits per heavy atom. The minimum Gasteiger partial charge on any atom is -0.469 e. The predicted molar refractivity (Wildman–Crippen MR) is 107 cm³/mol. The third kappa shape index (κ3) is 4.89. The maximum absolute atomic E-state index is 12.8. The van der Waals surface area contributed by atoms with Crippen molar-refractivity contribution < 1.29 is 19.1 Å². The second kappa shape index (κ2) is 9.37. The fraction of sp³-hybridized carbons (Fsp3) is 0.364. The van der Waals surface area contributed by atoms with Gasteiger partial charge in [0, 0.05) is 0 Å². The number of benzene rings is 2. The molecule has 0 radical (unpaired) electrons. The molecular weight excluding hydrogens is 356 g/mol. The first-order valence-electron chi connectivity index (χ1n) is 9.53. The molecule has 148 valence electrons. The first-order valence-corrected chi connectivity index (χ1v) is 9.53. The molecule has 6 heteroatoms. The summed E-state index contributed by atoms with van der Waals surface area (Å²) >= 11 is 0. The number of para-hydroxylation sites is 3. The van der Waals surface area contributed by atoms with Crippen LogP contribution in [0.3, 0.4) is 0 Å². The number of nitrogens with zero attached hydrogens (tertiary/aromatic N) is 1. The zero-order valence-electron chi connectivity index (χ0n) is 16.3. The lowest BCUT2D eigenvalue weighted by Crippen LogP contribution is -2.47. The molecule has 1 heterocycles. The van der Waals surface area contributed by atoms with Crippen LogP contribution in [0.2, 0.25) is 0 Å². The van der Waals surface area contributed by atoms with Gasteiger partial charge >= 0.3 is 5.97 Å². The fourth-order valence-electron chi connectivity index (χ4n) is 3.37. The molecule has 2 aromatic rings. The molecule has 1 N–H and O–H groups in total. The number of hydrogen-bond acceptors (Lipinski definition) is 5. The molecule has 1 saturated heterocycles. The zero-order valence-corrected chi connectivity index (χ0v) is 16.3. The Kier molecular flexibility index (Phi) is 6.66. The summed E-state index contributed by atoms with van der Waals surface area (Å²) < 4.78 is 10.7. The predicted octanol–water partition coefficient (Wildman–Crippen LogP) is 3.69. The molecule has 1 amide bonds. The Labute approximate surface area is 165 Å². The van der Waals surface area contributed by atoms with Crippen molar-refractivity contribution >= 4 is 17.6 Å². The molecule has 3 rings (SSSR count). The highest BCUT2D eigenvalue weighted by Crippen LogP contribution is 2.29. The summed E-state index contributed by atoms with van der Waals surface area (Å²) in [6.45, 7) is 3.27. The molecule has 0 aliphatic carbocycles. The summed E-state index contributed by atoms with van der Waals surface area (Å²) in [7, 11) is 1.42. The van der Waals surface area contributed by atoms with Crippen molar-refractivity contribution in [1.82, 2.24) is 4.90 Å². The summed E-state index contributed by atoms with van der Waals surface area (Å²) in [5.41, 5.74) is 0.632. The number of nitrogens with one attached hydrogen (secondary N) is 1. The molecule has 1 unspecified atom stereocenters. The van der Waals surface area contributed by atoms with Gasteiger partial charge in [-0.2, -0.15) is 0 Å². The van der Waals surface area contributed by atoms with E-state index in [9.17, 15) is 9.59 Å². The van der Waals surface area contributed by atoms with Gasteiger partial charge in [-0.25, -0.2) is 0 Å². The van der Waals surface area contributed by atoms with Gasteiger partial charge in [0.15, 0.2) is 5.75 Å². The second-order valence-electron chi connectivity index (χ2n) is 6.91. The number of rotatable bonds is 6. The van der Waals surface area contributed by atoms with Crippen molar-refractivity contribution in [2.45, 2.75) is 25.8 Å². The highest BCUT2D eigenvalue weighted by Gasteiger charge is 2.30. The number of anilines is 1. The van der Waals surface area contributed by atoms with Crippen molar-refractivity contribution in [2.75, 3.05) is 25.5 Å². The van der Waals surface area contributed by atoms with Crippen LogP contribution >= 0.6 is 0 Å². The molecule has 0 spiro atoms. The Bertz CT molecular complexity index is 801. The van der Waals surface area contributed by atoms with Crippen LogP contribution in [0.15, 0.2) is 54.6 Å². The lowest BCUT2D eigenvalue weighted by Gasteiger charge is -2.34. The zero-order chi connectivity index (χ0) is 19.9. The minimum absolute atomic E-state index is 0.0727. The summed E-state index contributed by atoms with van der Waals surface area (Å²) in [6, 6.07) is 16.5. The van der Waals surface area contributed by atoms with Gasteiger partial charge < -0.3 is 14.8 Å². The molecule has 0 bridgehead atoms. The van der Waals surface area contributed by atoms with E-state index in [-0.39, 0.29) is 23.8 Å². The second-order valence-corrected chi connectivity index (χ2v) is 6.91.